The first-order chi connectivity index (χ1) is 10.0. The number of para-hydroxylation sites is 1. The number of hydrogen-bond donors (Lipinski definition) is 1. The molecule has 0 aliphatic rings. The molecule has 21 heavy (non-hydrogen) atoms. The van der Waals surface area contributed by atoms with Crippen LogP contribution >= 0.6 is 0 Å². The Morgan fingerprint density at radius 2 is 1.90 bits per heavy atom. The van der Waals surface area contributed by atoms with Crippen molar-refractivity contribution in [2.45, 2.75) is 45.8 Å². The van der Waals surface area contributed by atoms with Crippen LogP contribution < -0.4 is 4.74 Å². The lowest BCUT2D eigenvalue weighted by molar-refractivity contribution is 0.272. The van der Waals surface area contributed by atoms with Gasteiger partial charge in [0, 0.05) is 18.4 Å². The number of aliphatic hydroxyl groups excluding tert-OH is 1. The quantitative estimate of drug-likeness (QED) is 0.830. The monoisotopic (exact) mass is 289 g/mol. The summed E-state index contributed by atoms with van der Waals surface area (Å²) in [7, 11) is 0. The Bertz CT molecular complexity index is 559. The predicted molar refractivity (Wildman–Crippen MR) is 81.2 cm³/mol. The van der Waals surface area contributed by atoms with E-state index in [4.69, 9.17) is 4.74 Å². The van der Waals surface area contributed by atoms with E-state index in [9.17, 15) is 5.11 Å². The van der Waals surface area contributed by atoms with Gasteiger partial charge < -0.3 is 9.84 Å². The second kappa shape index (κ2) is 6.72. The molecule has 0 saturated carbocycles. The van der Waals surface area contributed by atoms with Crippen LogP contribution in [0.15, 0.2) is 30.3 Å². The van der Waals surface area contributed by atoms with Crippen molar-refractivity contribution in [1.82, 2.24) is 15.0 Å². The van der Waals surface area contributed by atoms with Gasteiger partial charge in [0.25, 0.3) is 0 Å². The molecule has 2 rings (SSSR count). The van der Waals surface area contributed by atoms with Gasteiger partial charge in [-0.1, -0.05) is 44.2 Å². The highest BCUT2D eigenvalue weighted by Gasteiger charge is 2.24. The van der Waals surface area contributed by atoms with Gasteiger partial charge in [0.2, 0.25) is 0 Å². The molecule has 2 aromatic rings. The summed E-state index contributed by atoms with van der Waals surface area (Å²) in [6.45, 7) is 7.58. The van der Waals surface area contributed by atoms with E-state index < -0.39 is 0 Å². The minimum absolute atomic E-state index is 0.0763. The lowest BCUT2D eigenvalue weighted by Crippen LogP contribution is -2.21. The highest BCUT2D eigenvalue weighted by molar-refractivity contribution is 5.21. The topological polar surface area (TPSA) is 60.2 Å². The largest absolute Gasteiger partial charge is 0.494 e. The normalized spacial score (nSPS) is 11.6. The van der Waals surface area contributed by atoms with Crippen LogP contribution in [0.4, 0.5) is 0 Å². The summed E-state index contributed by atoms with van der Waals surface area (Å²) in [5.41, 5.74) is 1.55. The first-order valence-electron chi connectivity index (χ1n) is 7.24. The number of aliphatic hydroxyl groups is 1. The van der Waals surface area contributed by atoms with Crippen molar-refractivity contribution in [3.05, 3.63) is 41.7 Å². The van der Waals surface area contributed by atoms with E-state index in [2.05, 4.69) is 31.1 Å². The van der Waals surface area contributed by atoms with Gasteiger partial charge in [-0.3, -0.25) is 0 Å². The minimum Gasteiger partial charge on any atom is -0.494 e. The number of ether oxygens (including phenoxy) is 1. The Kier molecular flexibility index (Phi) is 4.96. The molecule has 0 saturated heterocycles. The van der Waals surface area contributed by atoms with Gasteiger partial charge in [0.15, 0.2) is 0 Å². The van der Waals surface area contributed by atoms with Gasteiger partial charge in [0.05, 0.1) is 18.9 Å². The van der Waals surface area contributed by atoms with Crippen LogP contribution in [0, 0.1) is 0 Å². The van der Waals surface area contributed by atoms with Gasteiger partial charge in [-0.25, -0.2) is 4.68 Å². The standard InChI is InChI=1S/C16H23N3O2/c1-16(2,3)15-14(12-20)17-18-19(15)10-7-11-21-13-8-5-4-6-9-13/h4-6,8-9,20H,7,10-12H2,1-3H3. The predicted octanol–water partition coefficient (Wildman–Crippen LogP) is 2.54. The van der Waals surface area contributed by atoms with Crippen LogP contribution in [0.5, 0.6) is 5.75 Å². The fourth-order valence-corrected chi connectivity index (χ4v) is 2.35. The molecule has 1 N–H and O–H groups in total. The van der Waals surface area contributed by atoms with Crippen LogP contribution in [0.3, 0.4) is 0 Å². The highest BCUT2D eigenvalue weighted by Crippen LogP contribution is 2.24. The molecule has 0 aliphatic heterocycles. The Balaban J connectivity index is 1.93. The lowest BCUT2D eigenvalue weighted by Gasteiger charge is -2.21. The maximum Gasteiger partial charge on any atom is 0.119 e. The zero-order valence-corrected chi connectivity index (χ0v) is 12.9. The second-order valence-electron chi connectivity index (χ2n) is 6.03. The van der Waals surface area contributed by atoms with E-state index >= 15 is 0 Å². The third kappa shape index (κ3) is 4.04. The average Bonchev–Trinajstić information content (AvgIpc) is 2.88. The molecule has 0 bridgehead atoms. The Labute approximate surface area is 125 Å². The van der Waals surface area contributed by atoms with Crippen molar-refractivity contribution in [3.8, 4) is 5.75 Å². The van der Waals surface area contributed by atoms with Crippen molar-refractivity contribution in [1.29, 1.82) is 0 Å². The van der Waals surface area contributed by atoms with Gasteiger partial charge in [0.1, 0.15) is 11.4 Å². The number of aromatic nitrogens is 3. The molecule has 0 fully saturated rings. The number of hydrogen-bond acceptors (Lipinski definition) is 4. The molecular weight excluding hydrogens is 266 g/mol. The number of aryl methyl sites for hydroxylation is 1. The van der Waals surface area contributed by atoms with E-state index in [-0.39, 0.29) is 12.0 Å². The summed E-state index contributed by atoms with van der Waals surface area (Å²) in [6.07, 6.45) is 0.839. The van der Waals surface area contributed by atoms with Gasteiger partial charge in [-0.15, -0.1) is 5.10 Å². The highest BCUT2D eigenvalue weighted by atomic mass is 16.5. The lowest BCUT2D eigenvalue weighted by atomic mass is 9.90. The molecule has 5 heteroatoms. The maximum absolute atomic E-state index is 9.37. The van der Waals surface area contributed by atoms with Crippen LogP contribution in [0.25, 0.3) is 0 Å². The molecule has 1 heterocycles. The average molecular weight is 289 g/mol. The number of benzene rings is 1. The Morgan fingerprint density at radius 1 is 1.19 bits per heavy atom. The van der Waals surface area contributed by atoms with E-state index in [0.29, 0.717) is 12.3 Å². The van der Waals surface area contributed by atoms with E-state index in [0.717, 1.165) is 24.4 Å². The van der Waals surface area contributed by atoms with Gasteiger partial charge in [-0.05, 0) is 12.1 Å². The van der Waals surface area contributed by atoms with Gasteiger partial charge >= 0.3 is 0 Å². The van der Waals surface area contributed by atoms with E-state index in [1.807, 2.05) is 35.0 Å². The van der Waals surface area contributed by atoms with E-state index in [1.165, 1.54) is 0 Å². The van der Waals surface area contributed by atoms with Crippen molar-refractivity contribution in [2.75, 3.05) is 6.61 Å². The molecule has 0 atom stereocenters. The fourth-order valence-electron chi connectivity index (χ4n) is 2.35. The molecule has 5 nitrogen and oxygen atoms in total. The molecule has 0 spiro atoms. The number of nitrogens with zero attached hydrogens (tertiary/aromatic N) is 3. The first kappa shape index (κ1) is 15.5. The SMILES string of the molecule is CC(C)(C)c1c(CO)nnn1CCCOc1ccccc1. The van der Waals surface area contributed by atoms with Crippen molar-refractivity contribution >= 4 is 0 Å². The molecule has 1 aromatic heterocycles. The molecular formula is C16H23N3O2. The summed E-state index contributed by atoms with van der Waals surface area (Å²) in [5.74, 6) is 0.878. The van der Waals surface area contributed by atoms with Crippen molar-refractivity contribution in [2.24, 2.45) is 0 Å². The maximum atomic E-state index is 9.37. The van der Waals surface area contributed by atoms with Crippen molar-refractivity contribution < 1.29 is 9.84 Å². The molecule has 0 amide bonds. The van der Waals surface area contributed by atoms with Crippen LogP contribution in [0.2, 0.25) is 0 Å². The summed E-state index contributed by atoms with van der Waals surface area (Å²) in [6, 6.07) is 9.77. The smallest absolute Gasteiger partial charge is 0.119 e. The summed E-state index contributed by atoms with van der Waals surface area (Å²) in [4.78, 5) is 0. The zero-order chi connectivity index (χ0) is 15.3. The first-order valence-corrected chi connectivity index (χ1v) is 7.24. The molecule has 114 valence electrons. The van der Waals surface area contributed by atoms with Crippen LogP contribution in [-0.2, 0) is 18.6 Å². The third-order valence-electron chi connectivity index (χ3n) is 3.19. The summed E-state index contributed by atoms with van der Waals surface area (Å²) < 4.78 is 7.55. The Morgan fingerprint density at radius 3 is 2.52 bits per heavy atom. The zero-order valence-electron chi connectivity index (χ0n) is 12.9. The van der Waals surface area contributed by atoms with Crippen LogP contribution in [0.1, 0.15) is 38.6 Å². The third-order valence-corrected chi connectivity index (χ3v) is 3.19. The molecule has 0 unspecified atom stereocenters. The van der Waals surface area contributed by atoms with Crippen LogP contribution in [-0.4, -0.2) is 26.7 Å². The summed E-state index contributed by atoms with van der Waals surface area (Å²) >= 11 is 0. The molecule has 1 aromatic carbocycles. The fraction of sp³-hybridized carbons (Fsp3) is 0.500. The van der Waals surface area contributed by atoms with E-state index in [1.54, 1.807) is 0 Å². The second-order valence-corrected chi connectivity index (χ2v) is 6.03. The Hall–Kier alpha value is -1.88. The molecule has 0 aliphatic carbocycles. The summed E-state index contributed by atoms with van der Waals surface area (Å²) in [5, 5.41) is 17.6. The molecule has 0 radical (unpaired) electrons. The van der Waals surface area contributed by atoms with Gasteiger partial charge in [-0.2, -0.15) is 0 Å². The van der Waals surface area contributed by atoms with Crippen molar-refractivity contribution in [3.63, 3.8) is 0 Å². The number of rotatable bonds is 6. The minimum atomic E-state index is -0.0954.